The van der Waals surface area contributed by atoms with Gasteiger partial charge < -0.3 is 15.1 Å². The molecule has 0 radical (unpaired) electrons. The summed E-state index contributed by atoms with van der Waals surface area (Å²) >= 11 is 0. The van der Waals surface area contributed by atoms with E-state index in [1.165, 1.54) is 4.74 Å². The molecule has 5 fully saturated rings. The van der Waals surface area contributed by atoms with Crippen molar-refractivity contribution in [3.05, 3.63) is 29.0 Å². The highest BCUT2D eigenvalue weighted by Crippen LogP contribution is 2.82. The number of esters is 1. The number of aliphatic hydroxyl groups is 1. The lowest BCUT2D eigenvalue weighted by Gasteiger charge is -2.61. The number of hydrogen-bond acceptors (Lipinski definition) is 4. The highest BCUT2D eigenvalue weighted by molar-refractivity contribution is 5.87. The van der Waals surface area contributed by atoms with Crippen molar-refractivity contribution < 1.29 is 19.4 Å². The van der Waals surface area contributed by atoms with E-state index in [0.717, 1.165) is 44.1 Å². The Labute approximate surface area is 178 Å². The minimum atomic E-state index is -0.722. The van der Waals surface area contributed by atoms with Crippen LogP contribution in [0.1, 0.15) is 59.3 Å². The quantitative estimate of drug-likeness (QED) is 0.248. The maximum atomic E-state index is 13.6. The van der Waals surface area contributed by atoms with Gasteiger partial charge in [0.1, 0.15) is 6.10 Å². The van der Waals surface area contributed by atoms with E-state index in [1.54, 1.807) is 13.0 Å². The molecule has 5 aliphatic carbocycles. The van der Waals surface area contributed by atoms with Crippen LogP contribution in [-0.2, 0) is 9.53 Å². The topological polar surface area (TPSA) is 72.6 Å². The van der Waals surface area contributed by atoms with Gasteiger partial charge in [-0.2, -0.15) is 0 Å². The third-order valence-corrected chi connectivity index (χ3v) is 10.6. The van der Waals surface area contributed by atoms with Gasteiger partial charge in [0.25, 0.3) is 0 Å². The molecule has 6 rings (SSSR count). The first-order chi connectivity index (χ1) is 14.2. The standard InChI is InChI=1S/C25H33NO4/c1-5-13(2)22(28)30-19-16-14(3)11-24-10-7-15-23(4)8-6-9-25(15,20(24)18(19)27)21(17(16)24)26(29)12-23/h5,12,15-21,27H,3,6-11H2,1-2,4H3. The van der Waals surface area contributed by atoms with Crippen LogP contribution < -0.4 is 0 Å². The van der Waals surface area contributed by atoms with Crippen molar-refractivity contribution in [1.82, 2.24) is 0 Å². The largest absolute Gasteiger partial charge is 0.624 e. The van der Waals surface area contributed by atoms with Crippen molar-refractivity contribution in [3.8, 4) is 0 Å². The van der Waals surface area contributed by atoms with Gasteiger partial charge in [0.2, 0.25) is 0 Å². The first-order valence-electron chi connectivity index (χ1n) is 11.7. The van der Waals surface area contributed by atoms with Crippen LogP contribution in [0.15, 0.2) is 23.8 Å². The first kappa shape index (κ1) is 19.1. The average Bonchev–Trinajstić information content (AvgIpc) is 2.94. The summed E-state index contributed by atoms with van der Waals surface area (Å²) in [6, 6.07) is -0.117. The number of ether oxygens (including phenoxy) is 1. The van der Waals surface area contributed by atoms with Crippen molar-refractivity contribution in [3.63, 3.8) is 0 Å². The summed E-state index contributed by atoms with van der Waals surface area (Å²) in [5.74, 6) is 0.0992. The predicted molar refractivity (Wildman–Crippen MR) is 113 cm³/mol. The van der Waals surface area contributed by atoms with Crippen molar-refractivity contribution in [2.45, 2.75) is 77.5 Å². The first-order valence-corrected chi connectivity index (χ1v) is 11.7. The summed E-state index contributed by atoms with van der Waals surface area (Å²) in [7, 11) is 0. The van der Waals surface area contributed by atoms with Crippen molar-refractivity contribution in [1.29, 1.82) is 0 Å². The van der Waals surface area contributed by atoms with E-state index < -0.39 is 12.2 Å². The Morgan fingerprint density at radius 2 is 2.17 bits per heavy atom. The number of hydroxylamine groups is 1. The molecule has 5 nitrogen and oxygen atoms in total. The molecule has 0 amide bonds. The summed E-state index contributed by atoms with van der Waals surface area (Å²) in [5, 5.41) is 25.4. The molecule has 1 aliphatic heterocycles. The maximum Gasteiger partial charge on any atom is 0.333 e. The molecule has 5 saturated carbocycles. The Hall–Kier alpha value is -1.62. The van der Waals surface area contributed by atoms with Crippen molar-refractivity contribution in [2.24, 2.45) is 39.9 Å². The van der Waals surface area contributed by atoms with E-state index in [0.29, 0.717) is 11.5 Å². The van der Waals surface area contributed by atoms with Gasteiger partial charge in [-0.15, -0.1) is 0 Å². The second-order valence-electron chi connectivity index (χ2n) is 11.4. The van der Waals surface area contributed by atoms with Crippen LogP contribution >= 0.6 is 0 Å². The van der Waals surface area contributed by atoms with Gasteiger partial charge >= 0.3 is 5.97 Å². The number of allylic oxidation sites excluding steroid dienone is 1. The fourth-order valence-electron chi connectivity index (χ4n) is 9.93. The van der Waals surface area contributed by atoms with Gasteiger partial charge in [-0.3, -0.25) is 0 Å². The molecule has 30 heavy (non-hydrogen) atoms. The third-order valence-electron chi connectivity index (χ3n) is 10.6. The molecule has 1 N–H and O–H groups in total. The van der Waals surface area contributed by atoms with E-state index in [2.05, 4.69) is 13.5 Å². The lowest BCUT2D eigenvalue weighted by atomic mass is 9.43. The van der Waals surface area contributed by atoms with Gasteiger partial charge in [0, 0.05) is 34.2 Å². The van der Waals surface area contributed by atoms with Gasteiger partial charge in [-0.1, -0.05) is 31.6 Å². The number of aliphatic hydroxyl groups excluding tert-OH is 1. The minimum Gasteiger partial charge on any atom is -0.624 e. The van der Waals surface area contributed by atoms with Crippen LogP contribution in [0.2, 0.25) is 0 Å². The van der Waals surface area contributed by atoms with Crippen LogP contribution in [0.3, 0.4) is 0 Å². The molecule has 5 heteroatoms. The fraction of sp³-hybridized carbons (Fsp3) is 0.760. The number of carbonyl (C=O) groups is 1. The molecule has 0 saturated heterocycles. The van der Waals surface area contributed by atoms with E-state index in [-0.39, 0.29) is 46.0 Å². The predicted octanol–water partition coefficient (Wildman–Crippen LogP) is 3.60. The Morgan fingerprint density at radius 1 is 1.40 bits per heavy atom. The normalized spacial score (nSPS) is 55.3. The molecule has 10 unspecified atom stereocenters. The van der Waals surface area contributed by atoms with Gasteiger partial charge in [-0.05, 0) is 57.3 Å². The highest BCUT2D eigenvalue weighted by Gasteiger charge is 2.86. The van der Waals surface area contributed by atoms with Crippen LogP contribution in [0.4, 0.5) is 0 Å². The summed E-state index contributed by atoms with van der Waals surface area (Å²) in [6.45, 7) is 10.2. The molecular formula is C25H33NO4. The van der Waals surface area contributed by atoms with E-state index >= 15 is 0 Å². The monoisotopic (exact) mass is 411 g/mol. The summed E-state index contributed by atoms with van der Waals surface area (Å²) < 4.78 is 7.29. The zero-order chi connectivity index (χ0) is 21.2. The zero-order valence-corrected chi connectivity index (χ0v) is 18.3. The number of carbonyl (C=O) groups excluding carboxylic acids is 1. The Morgan fingerprint density at radius 3 is 2.90 bits per heavy atom. The fourth-order valence-corrected chi connectivity index (χ4v) is 9.93. The maximum absolute atomic E-state index is 13.6. The molecular weight excluding hydrogens is 378 g/mol. The van der Waals surface area contributed by atoms with Crippen LogP contribution in [0.25, 0.3) is 0 Å². The summed E-state index contributed by atoms with van der Waals surface area (Å²) in [6.07, 6.45) is 8.66. The van der Waals surface area contributed by atoms with E-state index in [9.17, 15) is 15.1 Å². The summed E-state index contributed by atoms with van der Waals surface area (Å²) in [4.78, 5) is 12.7. The molecule has 6 aliphatic rings. The smallest absolute Gasteiger partial charge is 0.333 e. The van der Waals surface area contributed by atoms with Gasteiger partial charge in [0.05, 0.1) is 6.10 Å². The minimum absolute atomic E-state index is 0.0164. The second kappa shape index (κ2) is 5.59. The molecule has 2 spiro atoms. The zero-order valence-electron chi connectivity index (χ0n) is 18.3. The third kappa shape index (κ3) is 1.83. The van der Waals surface area contributed by atoms with Gasteiger partial charge in [-0.25, -0.2) is 9.53 Å². The lowest BCUT2D eigenvalue weighted by molar-refractivity contribution is -0.544. The van der Waals surface area contributed by atoms with Crippen LogP contribution in [0.5, 0.6) is 0 Å². The molecule has 10 atom stereocenters. The van der Waals surface area contributed by atoms with Crippen LogP contribution in [0, 0.1) is 45.1 Å². The molecule has 0 aromatic heterocycles. The van der Waals surface area contributed by atoms with Crippen molar-refractivity contribution in [2.75, 3.05) is 0 Å². The Balaban J connectivity index is 1.54. The second-order valence-corrected chi connectivity index (χ2v) is 11.4. The number of hydrogen-bond donors (Lipinski definition) is 1. The average molecular weight is 412 g/mol. The highest BCUT2D eigenvalue weighted by atomic mass is 16.6. The van der Waals surface area contributed by atoms with E-state index in [1.807, 2.05) is 13.1 Å². The molecule has 6 bridgehead atoms. The lowest BCUT2D eigenvalue weighted by Crippen LogP contribution is -2.64. The Kier molecular flexibility index (Phi) is 3.56. The molecule has 162 valence electrons. The van der Waals surface area contributed by atoms with Crippen molar-refractivity contribution >= 4 is 12.2 Å². The summed E-state index contributed by atoms with van der Waals surface area (Å²) in [5.41, 5.74) is 1.32. The Bertz CT molecular complexity index is 922. The SMILES string of the molecule is C=C1CC23CCC4C5(C)C=[N+]([O-])C6C2C1C(OC(=O)C(C)=CC)C(O)C3C64CCC5. The van der Waals surface area contributed by atoms with Gasteiger partial charge in [0.15, 0.2) is 12.3 Å². The van der Waals surface area contributed by atoms with Crippen LogP contribution in [-0.4, -0.2) is 40.3 Å². The number of rotatable bonds is 2. The number of nitrogens with zero attached hydrogens (tertiary/aromatic N) is 1. The van der Waals surface area contributed by atoms with E-state index in [4.69, 9.17) is 4.74 Å². The molecule has 1 heterocycles. The molecule has 0 aromatic rings. The molecule has 0 aromatic carbocycles.